The molecule has 2 aromatic rings. The number of nitrogens with zero attached hydrogens (tertiary/aromatic N) is 1. The van der Waals surface area contributed by atoms with E-state index in [2.05, 4.69) is 5.32 Å². The largest absolute Gasteiger partial charge is 0.377 e. The number of hydrogen-bond donors (Lipinski definition) is 1. The van der Waals surface area contributed by atoms with Crippen LogP contribution < -0.4 is 5.32 Å². The normalized spacial score (nSPS) is 11.8. The zero-order valence-electron chi connectivity index (χ0n) is 10.6. The molecule has 1 N–H and O–H groups in total. The maximum atomic E-state index is 8.82. The first-order valence-corrected chi connectivity index (χ1v) is 7.06. The maximum absolute atomic E-state index is 8.82. The molecule has 2 aromatic carbocycles. The van der Waals surface area contributed by atoms with Crippen molar-refractivity contribution in [2.75, 3.05) is 5.32 Å². The van der Waals surface area contributed by atoms with Gasteiger partial charge in [0.25, 0.3) is 0 Å². The van der Waals surface area contributed by atoms with Gasteiger partial charge in [0.05, 0.1) is 28.4 Å². The van der Waals surface area contributed by atoms with Crippen molar-refractivity contribution < 1.29 is 0 Å². The van der Waals surface area contributed by atoms with Gasteiger partial charge in [0.15, 0.2) is 0 Å². The van der Waals surface area contributed by atoms with Gasteiger partial charge in [0.1, 0.15) is 0 Å². The van der Waals surface area contributed by atoms with E-state index >= 15 is 0 Å². The fourth-order valence-corrected chi connectivity index (χ4v) is 2.56. The van der Waals surface area contributed by atoms with E-state index in [4.69, 9.17) is 40.1 Å². The van der Waals surface area contributed by atoms with Crippen LogP contribution in [0.2, 0.25) is 15.1 Å². The van der Waals surface area contributed by atoms with Crippen molar-refractivity contribution in [1.29, 1.82) is 5.26 Å². The molecule has 102 valence electrons. The summed E-state index contributed by atoms with van der Waals surface area (Å²) >= 11 is 18.3. The van der Waals surface area contributed by atoms with Gasteiger partial charge >= 0.3 is 0 Å². The fraction of sp³-hybridized carbons (Fsp3) is 0.133. The van der Waals surface area contributed by atoms with Crippen molar-refractivity contribution in [3.8, 4) is 6.07 Å². The van der Waals surface area contributed by atoms with Crippen molar-refractivity contribution in [2.24, 2.45) is 0 Å². The first-order valence-electron chi connectivity index (χ1n) is 5.92. The van der Waals surface area contributed by atoms with Crippen LogP contribution in [-0.4, -0.2) is 0 Å². The number of anilines is 1. The Labute approximate surface area is 132 Å². The second-order valence-electron chi connectivity index (χ2n) is 4.34. The van der Waals surface area contributed by atoms with Crippen LogP contribution in [0.3, 0.4) is 0 Å². The average Bonchev–Trinajstić information content (AvgIpc) is 2.43. The summed E-state index contributed by atoms with van der Waals surface area (Å²) < 4.78 is 0. The number of halogens is 3. The first kappa shape index (κ1) is 15.0. The SMILES string of the molecule is CC(Nc1ccc(C#N)cc1Cl)c1cc(Cl)ccc1Cl. The molecule has 0 aliphatic rings. The molecule has 2 nitrogen and oxygen atoms in total. The molecule has 20 heavy (non-hydrogen) atoms. The van der Waals surface area contributed by atoms with Crippen LogP contribution in [0, 0.1) is 11.3 Å². The first-order chi connectivity index (χ1) is 9.51. The standard InChI is InChI=1S/C15H11Cl3N2/c1-9(12-7-11(16)3-4-13(12)17)20-15-5-2-10(8-19)6-14(15)18/h2-7,9,20H,1H3. The molecule has 0 aromatic heterocycles. The molecule has 0 aliphatic carbocycles. The molecule has 5 heteroatoms. The van der Waals surface area contributed by atoms with Crippen LogP contribution in [0.15, 0.2) is 36.4 Å². The molecule has 1 unspecified atom stereocenters. The molecule has 2 rings (SSSR count). The molecular formula is C15H11Cl3N2. The number of benzene rings is 2. The summed E-state index contributed by atoms with van der Waals surface area (Å²) in [5.74, 6) is 0. The molecule has 0 spiro atoms. The molecule has 1 atom stereocenters. The number of nitrogens with one attached hydrogen (secondary N) is 1. The van der Waals surface area contributed by atoms with Gasteiger partial charge in [-0.1, -0.05) is 34.8 Å². The Morgan fingerprint density at radius 3 is 2.45 bits per heavy atom. The van der Waals surface area contributed by atoms with Crippen molar-refractivity contribution >= 4 is 40.5 Å². The van der Waals surface area contributed by atoms with Gasteiger partial charge in [0, 0.05) is 10.0 Å². The highest BCUT2D eigenvalue weighted by molar-refractivity contribution is 6.34. The van der Waals surface area contributed by atoms with Gasteiger partial charge in [-0.15, -0.1) is 0 Å². The molecule has 0 amide bonds. The minimum atomic E-state index is -0.0633. The third-order valence-electron chi connectivity index (χ3n) is 2.89. The lowest BCUT2D eigenvalue weighted by Gasteiger charge is -2.18. The molecule has 0 bridgehead atoms. The monoisotopic (exact) mass is 324 g/mol. The highest BCUT2D eigenvalue weighted by atomic mass is 35.5. The zero-order chi connectivity index (χ0) is 14.7. The predicted octanol–water partition coefficient (Wildman–Crippen LogP) is 5.69. The number of nitriles is 1. The van der Waals surface area contributed by atoms with E-state index < -0.39 is 0 Å². The highest BCUT2D eigenvalue weighted by Crippen LogP contribution is 2.31. The molecule has 0 aliphatic heterocycles. The van der Waals surface area contributed by atoms with E-state index in [1.54, 1.807) is 30.3 Å². The lowest BCUT2D eigenvalue weighted by Crippen LogP contribution is -2.07. The minimum Gasteiger partial charge on any atom is -0.377 e. The maximum Gasteiger partial charge on any atom is 0.0992 e. The van der Waals surface area contributed by atoms with E-state index in [1.165, 1.54) is 0 Å². The summed E-state index contributed by atoms with van der Waals surface area (Å²) in [7, 11) is 0. The second kappa shape index (κ2) is 6.37. The van der Waals surface area contributed by atoms with Crippen LogP contribution in [0.4, 0.5) is 5.69 Å². The van der Waals surface area contributed by atoms with Gasteiger partial charge in [-0.05, 0) is 48.9 Å². The smallest absolute Gasteiger partial charge is 0.0992 e. The summed E-state index contributed by atoms with van der Waals surface area (Å²) in [5, 5.41) is 13.8. The molecular weight excluding hydrogens is 315 g/mol. The summed E-state index contributed by atoms with van der Waals surface area (Å²) in [6.07, 6.45) is 0. The number of rotatable bonds is 3. The molecule has 0 heterocycles. The van der Waals surface area contributed by atoms with Crippen molar-refractivity contribution in [1.82, 2.24) is 0 Å². The second-order valence-corrected chi connectivity index (χ2v) is 5.59. The van der Waals surface area contributed by atoms with Crippen LogP contribution in [0.1, 0.15) is 24.1 Å². The predicted molar refractivity (Wildman–Crippen MR) is 84.7 cm³/mol. The topological polar surface area (TPSA) is 35.8 Å². The van der Waals surface area contributed by atoms with E-state index in [-0.39, 0.29) is 6.04 Å². The van der Waals surface area contributed by atoms with Gasteiger partial charge in [-0.3, -0.25) is 0 Å². The van der Waals surface area contributed by atoms with Crippen LogP contribution in [-0.2, 0) is 0 Å². The summed E-state index contributed by atoms with van der Waals surface area (Å²) in [6.45, 7) is 1.96. The zero-order valence-corrected chi connectivity index (χ0v) is 12.9. The number of hydrogen-bond acceptors (Lipinski definition) is 2. The fourth-order valence-electron chi connectivity index (χ4n) is 1.86. The summed E-state index contributed by atoms with van der Waals surface area (Å²) in [6, 6.07) is 12.4. The Morgan fingerprint density at radius 2 is 1.80 bits per heavy atom. The Kier molecular flexibility index (Phi) is 4.77. The lowest BCUT2D eigenvalue weighted by molar-refractivity contribution is 0.885. The van der Waals surface area contributed by atoms with Crippen molar-refractivity contribution in [2.45, 2.75) is 13.0 Å². The van der Waals surface area contributed by atoms with Gasteiger partial charge < -0.3 is 5.32 Å². The quantitative estimate of drug-likeness (QED) is 0.786. The van der Waals surface area contributed by atoms with Gasteiger partial charge in [-0.2, -0.15) is 5.26 Å². The van der Waals surface area contributed by atoms with E-state index in [1.807, 2.05) is 19.1 Å². The van der Waals surface area contributed by atoms with Crippen LogP contribution in [0.5, 0.6) is 0 Å². The molecule has 0 saturated heterocycles. The Morgan fingerprint density at radius 1 is 1.05 bits per heavy atom. The van der Waals surface area contributed by atoms with Crippen molar-refractivity contribution in [3.63, 3.8) is 0 Å². The summed E-state index contributed by atoms with van der Waals surface area (Å²) in [4.78, 5) is 0. The van der Waals surface area contributed by atoms with Crippen LogP contribution >= 0.6 is 34.8 Å². The lowest BCUT2D eigenvalue weighted by atomic mass is 10.1. The van der Waals surface area contributed by atoms with Crippen molar-refractivity contribution in [3.05, 3.63) is 62.6 Å². The summed E-state index contributed by atoms with van der Waals surface area (Å²) in [5.41, 5.74) is 2.16. The van der Waals surface area contributed by atoms with E-state index in [0.29, 0.717) is 20.6 Å². The highest BCUT2D eigenvalue weighted by Gasteiger charge is 2.12. The Hall–Kier alpha value is -1.40. The minimum absolute atomic E-state index is 0.0633. The van der Waals surface area contributed by atoms with Gasteiger partial charge in [-0.25, -0.2) is 0 Å². The average molecular weight is 326 g/mol. The van der Waals surface area contributed by atoms with E-state index in [0.717, 1.165) is 11.3 Å². The van der Waals surface area contributed by atoms with E-state index in [9.17, 15) is 0 Å². The third-order valence-corrected chi connectivity index (χ3v) is 3.79. The molecule has 0 radical (unpaired) electrons. The third kappa shape index (κ3) is 3.37. The Bertz CT molecular complexity index is 677. The Balaban J connectivity index is 2.26. The van der Waals surface area contributed by atoms with Gasteiger partial charge in [0.2, 0.25) is 0 Å². The molecule has 0 saturated carbocycles. The van der Waals surface area contributed by atoms with Crippen LogP contribution in [0.25, 0.3) is 0 Å². The molecule has 0 fully saturated rings.